The van der Waals surface area contributed by atoms with Gasteiger partial charge in [0.2, 0.25) is 15.9 Å². The lowest BCUT2D eigenvalue weighted by Crippen LogP contribution is -2.36. The Balaban J connectivity index is 1.57. The number of hydrogen-bond acceptors (Lipinski definition) is 4. The van der Waals surface area contributed by atoms with Crippen LogP contribution in [0.5, 0.6) is 0 Å². The molecule has 0 aliphatic carbocycles. The summed E-state index contributed by atoms with van der Waals surface area (Å²) in [6.07, 6.45) is 4.19. The fourth-order valence-corrected chi connectivity index (χ4v) is 5.40. The van der Waals surface area contributed by atoms with Crippen LogP contribution in [0.4, 0.5) is 0 Å². The van der Waals surface area contributed by atoms with Gasteiger partial charge in [0.25, 0.3) is 0 Å². The zero-order valence-corrected chi connectivity index (χ0v) is 16.2. The molecule has 1 atom stereocenters. The fourth-order valence-electron chi connectivity index (χ4n) is 3.88. The molecular formula is C19H26N2O5S. The Morgan fingerprint density at radius 2 is 1.70 bits per heavy atom. The van der Waals surface area contributed by atoms with E-state index in [0.29, 0.717) is 37.4 Å². The molecule has 2 aliphatic rings. The zero-order chi connectivity index (χ0) is 19.4. The van der Waals surface area contributed by atoms with Crippen molar-refractivity contribution in [3.63, 3.8) is 0 Å². The molecule has 2 saturated heterocycles. The Bertz CT molecular complexity index is 785. The average Bonchev–Trinajstić information content (AvgIpc) is 3.31. The number of carboxylic acids is 1. The summed E-state index contributed by atoms with van der Waals surface area (Å²) in [5.74, 6) is -0.915. The summed E-state index contributed by atoms with van der Waals surface area (Å²) in [4.78, 5) is 25.3. The van der Waals surface area contributed by atoms with Gasteiger partial charge in [-0.05, 0) is 49.8 Å². The molecule has 0 radical (unpaired) electrons. The number of sulfonamides is 1. The van der Waals surface area contributed by atoms with E-state index in [1.807, 2.05) is 0 Å². The van der Waals surface area contributed by atoms with Crippen LogP contribution in [0.25, 0.3) is 0 Å². The number of amides is 1. The van der Waals surface area contributed by atoms with Gasteiger partial charge in [-0.1, -0.05) is 12.1 Å². The molecule has 0 saturated carbocycles. The summed E-state index contributed by atoms with van der Waals surface area (Å²) < 4.78 is 26.6. The maximum atomic E-state index is 12.5. The van der Waals surface area contributed by atoms with Crippen molar-refractivity contribution in [3.05, 3.63) is 29.8 Å². The Morgan fingerprint density at radius 1 is 1.04 bits per heavy atom. The molecular weight excluding hydrogens is 368 g/mol. The minimum absolute atomic E-state index is 0.00516. The molecule has 1 aromatic rings. The van der Waals surface area contributed by atoms with Crippen molar-refractivity contribution in [3.8, 4) is 0 Å². The second-order valence-electron chi connectivity index (χ2n) is 7.24. The molecule has 0 aromatic heterocycles. The standard InChI is InChI=1S/C19H26N2O5S/c22-18(21-13-3-4-16(21)14-19(23)24)10-7-15-5-8-17(9-6-15)27(25,26)20-11-1-2-12-20/h5-6,8-9,16H,1-4,7,10-14H2,(H,23,24). The smallest absolute Gasteiger partial charge is 0.305 e. The predicted octanol–water partition coefficient (Wildman–Crippen LogP) is 1.87. The molecule has 7 nitrogen and oxygen atoms in total. The molecule has 2 aliphatic heterocycles. The molecule has 8 heteroatoms. The molecule has 0 spiro atoms. The van der Waals surface area contributed by atoms with Gasteiger partial charge in [-0.3, -0.25) is 9.59 Å². The topological polar surface area (TPSA) is 95.0 Å². The Morgan fingerprint density at radius 3 is 2.33 bits per heavy atom. The van der Waals surface area contributed by atoms with Gasteiger partial charge < -0.3 is 10.0 Å². The van der Waals surface area contributed by atoms with Crippen LogP contribution in [-0.4, -0.2) is 60.3 Å². The van der Waals surface area contributed by atoms with Gasteiger partial charge in [-0.25, -0.2) is 8.42 Å². The van der Waals surface area contributed by atoms with Gasteiger partial charge in [0.05, 0.1) is 11.3 Å². The van der Waals surface area contributed by atoms with Gasteiger partial charge in [-0.2, -0.15) is 4.31 Å². The highest BCUT2D eigenvalue weighted by molar-refractivity contribution is 7.89. The third kappa shape index (κ3) is 4.68. The molecule has 0 bridgehead atoms. The first-order chi connectivity index (χ1) is 12.9. The molecule has 148 valence electrons. The molecule has 27 heavy (non-hydrogen) atoms. The van der Waals surface area contributed by atoms with Crippen molar-refractivity contribution in [1.29, 1.82) is 0 Å². The summed E-state index contributed by atoms with van der Waals surface area (Å²) in [7, 11) is -3.42. The van der Waals surface area contributed by atoms with E-state index in [1.54, 1.807) is 29.2 Å². The van der Waals surface area contributed by atoms with Gasteiger partial charge in [-0.15, -0.1) is 0 Å². The van der Waals surface area contributed by atoms with Crippen LogP contribution < -0.4 is 0 Å². The van der Waals surface area contributed by atoms with Crippen LogP contribution in [0, 0.1) is 0 Å². The Kier molecular flexibility index (Phi) is 6.16. The van der Waals surface area contributed by atoms with Crippen molar-refractivity contribution >= 4 is 21.9 Å². The highest BCUT2D eigenvalue weighted by Gasteiger charge is 2.30. The zero-order valence-electron chi connectivity index (χ0n) is 15.3. The maximum Gasteiger partial charge on any atom is 0.305 e. The summed E-state index contributed by atoms with van der Waals surface area (Å²) in [5, 5.41) is 8.96. The molecule has 1 unspecified atom stereocenters. The summed E-state index contributed by atoms with van der Waals surface area (Å²) >= 11 is 0. The third-order valence-corrected chi connectivity index (χ3v) is 7.27. The highest BCUT2D eigenvalue weighted by atomic mass is 32.2. The number of aryl methyl sites for hydroxylation is 1. The quantitative estimate of drug-likeness (QED) is 0.762. The summed E-state index contributed by atoms with van der Waals surface area (Å²) in [6.45, 7) is 1.77. The number of carbonyl (C=O) groups excluding carboxylic acids is 1. The molecule has 2 fully saturated rings. The van der Waals surface area contributed by atoms with E-state index >= 15 is 0 Å². The SMILES string of the molecule is O=C(O)CC1CCCN1C(=O)CCc1ccc(S(=O)(=O)N2CCCC2)cc1. The van der Waals surface area contributed by atoms with Crippen molar-refractivity contribution < 1.29 is 23.1 Å². The number of carboxylic acid groups (broad SMARTS) is 1. The van der Waals surface area contributed by atoms with Crippen molar-refractivity contribution in [1.82, 2.24) is 9.21 Å². The average molecular weight is 394 g/mol. The Labute approximate surface area is 160 Å². The van der Waals surface area contributed by atoms with Crippen molar-refractivity contribution in [2.24, 2.45) is 0 Å². The van der Waals surface area contributed by atoms with E-state index < -0.39 is 16.0 Å². The number of aliphatic carboxylic acids is 1. The van der Waals surface area contributed by atoms with Crippen LogP contribution >= 0.6 is 0 Å². The first kappa shape index (κ1) is 19.8. The van der Waals surface area contributed by atoms with Gasteiger partial charge in [0.15, 0.2) is 0 Å². The van der Waals surface area contributed by atoms with E-state index in [4.69, 9.17) is 5.11 Å². The second kappa shape index (κ2) is 8.39. The van der Waals surface area contributed by atoms with Gasteiger partial charge in [0, 0.05) is 32.1 Å². The minimum atomic E-state index is -3.42. The van der Waals surface area contributed by atoms with Crippen molar-refractivity contribution in [2.45, 2.75) is 55.9 Å². The van der Waals surface area contributed by atoms with E-state index in [2.05, 4.69) is 0 Å². The molecule has 1 amide bonds. The largest absolute Gasteiger partial charge is 0.481 e. The van der Waals surface area contributed by atoms with Crippen LogP contribution in [0.3, 0.4) is 0 Å². The van der Waals surface area contributed by atoms with E-state index in [9.17, 15) is 18.0 Å². The minimum Gasteiger partial charge on any atom is -0.481 e. The highest BCUT2D eigenvalue weighted by Crippen LogP contribution is 2.23. The lowest BCUT2D eigenvalue weighted by atomic mass is 10.1. The van der Waals surface area contributed by atoms with Gasteiger partial charge in [0.1, 0.15) is 0 Å². The second-order valence-corrected chi connectivity index (χ2v) is 9.17. The van der Waals surface area contributed by atoms with Crippen LogP contribution in [-0.2, 0) is 26.0 Å². The number of carbonyl (C=O) groups is 2. The van der Waals surface area contributed by atoms with Crippen LogP contribution in [0.15, 0.2) is 29.2 Å². The summed E-state index contributed by atoms with van der Waals surface area (Å²) in [6, 6.07) is 6.53. The molecule has 3 rings (SSSR count). The van der Waals surface area contributed by atoms with Crippen molar-refractivity contribution in [2.75, 3.05) is 19.6 Å². The summed E-state index contributed by atoms with van der Waals surface area (Å²) in [5.41, 5.74) is 0.901. The number of nitrogens with zero attached hydrogens (tertiary/aromatic N) is 2. The molecule has 1 aromatic carbocycles. The first-order valence-corrected chi connectivity index (χ1v) is 10.9. The van der Waals surface area contributed by atoms with Crippen LogP contribution in [0.2, 0.25) is 0 Å². The van der Waals surface area contributed by atoms with Gasteiger partial charge >= 0.3 is 5.97 Å². The monoisotopic (exact) mass is 394 g/mol. The maximum absolute atomic E-state index is 12.5. The number of benzene rings is 1. The molecule has 2 heterocycles. The lowest BCUT2D eigenvalue weighted by Gasteiger charge is -2.23. The number of likely N-dealkylation sites (tertiary alicyclic amines) is 1. The number of hydrogen-bond donors (Lipinski definition) is 1. The van der Waals surface area contributed by atoms with E-state index in [0.717, 1.165) is 31.2 Å². The third-order valence-electron chi connectivity index (χ3n) is 5.36. The predicted molar refractivity (Wildman–Crippen MR) is 99.7 cm³/mol. The Hall–Kier alpha value is -1.93. The normalized spacial score (nSPS) is 20.9. The fraction of sp³-hybridized carbons (Fsp3) is 0.579. The molecule has 1 N–H and O–H groups in total. The lowest BCUT2D eigenvalue weighted by molar-refractivity contribution is -0.139. The van der Waals surface area contributed by atoms with E-state index in [-0.39, 0.29) is 18.4 Å². The van der Waals surface area contributed by atoms with E-state index in [1.165, 1.54) is 4.31 Å². The first-order valence-electron chi connectivity index (χ1n) is 9.48. The van der Waals surface area contributed by atoms with Crippen LogP contribution in [0.1, 0.15) is 44.1 Å². The number of rotatable bonds is 7.